The molecule has 1 aromatic rings. The highest BCUT2D eigenvalue weighted by Gasteiger charge is 2.36. The molecule has 8 heteroatoms. The standard InChI is InChI=1S/C13H14F3NO4/c1-12(2,11(19)20)6-21-9-4-3-7(10(17)18)5-8(9)13(14,15)16/h3-5H,6H2,1-2H3,(H2,17,18)(H,19,20). The van der Waals surface area contributed by atoms with Gasteiger partial charge in [-0.3, -0.25) is 9.59 Å². The van der Waals surface area contributed by atoms with Gasteiger partial charge in [0.2, 0.25) is 5.91 Å². The Labute approximate surface area is 118 Å². The topological polar surface area (TPSA) is 89.6 Å². The number of carboxylic acids is 1. The van der Waals surface area contributed by atoms with Gasteiger partial charge in [-0.2, -0.15) is 13.2 Å². The van der Waals surface area contributed by atoms with E-state index in [1.807, 2.05) is 0 Å². The molecule has 1 rings (SSSR count). The number of hydrogen-bond donors (Lipinski definition) is 2. The van der Waals surface area contributed by atoms with Crippen molar-refractivity contribution in [3.05, 3.63) is 29.3 Å². The number of ether oxygens (including phenoxy) is 1. The van der Waals surface area contributed by atoms with Gasteiger partial charge in [-0.1, -0.05) is 0 Å². The molecular weight excluding hydrogens is 291 g/mol. The van der Waals surface area contributed by atoms with E-state index in [2.05, 4.69) is 0 Å². The Morgan fingerprint density at radius 3 is 2.29 bits per heavy atom. The van der Waals surface area contributed by atoms with Crippen LogP contribution >= 0.6 is 0 Å². The third kappa shape index (κ3) is 4.11. The first-order valence-electron chi connectivity index (χ1n) is 5.82. The second-order valence-electron chi connectivity index (χ2n) is 5.05. The average molecular weight is 305 g/mol. The van der Waals surface area contributed by atoms with Gasteiger partial charge in [-0.25, -0.2) is 0 Å². The fraction of sp³-hybridized carbons (Fsp3) is 0.385. The van der Waals surface area contributed by atoms with Crippen molar-refractivity contribution < 1.29 is 32.6 Å². The number of carbonyl (C=O) groups is 2. The summed E-state index contributed by atoms with van der Waals surface area (Å²) in [7, 11) is 0. The molecule has 0 fully saturated rings. The molecule has 0 aliphatic carbocycles. The molecule has 3 N–H and O–H groups in total. The van der Waals surface area contributed by atoms with Crippen LogP contribution < -0.4 is 10.5 Å². The second-order valence-corrected chi connectivity index (χ2v) is 5.05. The summed E-state index contributed by atoms with van der Waals surface area (Å²) in [5.74, 6) is -2.76. The molecule has 0 aromatic heterocycles. The number of benzene rings is 1. The maximum Gasteiger partial charge on any atom is 0.419 e. The molecule has 1 amide bonds. The van der Waals surface area contributed by atoms with Crippen LogP contribution in [0.1, 0.15) is 29.8 Å². The van der Waals surface area contributed by atoms with Crippen molar-refractivity contribution in [3.63, 3.8) is 0 Å². The highest BCUT2D eigenvalue weighted by molar-refractivity contribution is 5.93. The molecule has 0 heterocycles. The predicted molar refractivity (Wildman–Crippen MR) is 66.9 cm³/mol. The minimum Gasteiger partial charge on any atom is -0.492 e. The van der Waals surface area contributed by atoms with Crippen LogP contribution in [0.2, 0.25) is 0 Å². The Morgan fingerprint density at radius 1 is 1.29 bits per heavy atom. The summed E-state index contributed by atoms with van der Waals surface area (Å²) in [6.45, 7) is 2.18. The summed E-state index contributed by atoms with van der Waals surface area (Å²) in [4.78, 5) is 21.8. The Hall–Kier alpha value is -2.25. The molecule has 5 nitrogen and oxygen atoms in total. The number of alkyl halides is 3. The van der Waals surface area contributed by atoms with Gasteiger partial charge in [-0.15, -0.1) is 0 Å². The molecule has 116 valence electrons. The van der Waals surface area contributed by atoms with E-state index in [9.17, 15) is 22.8 Å². The molecule has 0 saturated carbocycles. The summed E-state index contributed by atoms with van der Waals surface area (Å²) in [5, 5.41) is 8.90. The number of hydrogen-bond acceptors (Lipinski definition) is 3. The van der Waals surface area contributed by atoms with E-state index in [1.165, 1.54) is 13.8 Å². The Balaban J connectivity index is 3.13. The summed E-state index contributed by atoms with van der Waals surface area (Å²) >= 11 is 0. The largest absolute Gasteiger partial charge is 0.492 e. The van der Waals surface area contributed by atoms with Gasteiger partial charge in [0.05, 0.1) is 11.0 Å². The molecule has 0 unspecified atom stereocenters. The molecule has 0 spiro atoms. The lowest BCUT2D eigenvalue weighted by atomic mass is 9.95. The van der Waals surface area contributed by atoms with E-state index < -0.39 is 41.4 Å². The van der Waals surface area contributed by atoms with E-state index in [1.54, 1.807) is 0 Å². The lowest BCUT2D eigenvalue weighted by Crippen LogP contribution is -2.31. The van der Waals surface area contributed by atoms with E-state index in [-0.39, 0.29) is 5.56 Å². The van der Waals surface area contributed by atoms with Gasteiger partial charge in [0, 0.05) is 5.56 Å². The van der Waals surface area contributed by atoms with Crippen molar-refractivity contribution in [1.29, 1.82) is 0 Å². The highest BCUT2D eigenvalue weighted by Crippen LogP contribution is 2.37. The fourth-order valence-corrected chi connectivity index (χ4v) is 1.35. The van der Waals surface area contributed by atoms with Crippen molar-refractivity contribution in [2.24, 2.45) is 11.1 Å². The molecule has 0 saturated heterocycles. The maximum absolute atomic E-state index is 12.9. The summed E-state index contributed by atoms with van der Waals surface area (Å²) in [6, 6.07) is 2.60. The van der Waals surface area contributed by atoms with E-state index >= 15 is 0 Å². The molecule has 21 heavy (non-hydrogen) atoms. The number of carboxylic acid groups (broad SMARTS) is 1. The van der Waals surface area contributed by atoms with E-state index in [0.29, 0.717) is 6.07 Å². The zero-order chi connectivity index (χ0) is 16.4. The van der Waals surface area contributed by atoms with Crippen LogP contribution in [-0.2, 0) is 11.0 Å². The Morgan fingerprint density at radius 2 is 1.86 bits per heavy atom. The van der Waals surface area contributed by atoms with Gasteiger partial charge >= 0.3 is 12.1 Å². The summed E-state index contributed by atoms with van der Waals surface area (Å²) < 4.78 is 43.7. The fourth-order valence-electron chi connectivity index (χ4n) is 1.35. The van der Waals surface area contributed by atoms with Crippen LogP contribution in [0, 0.1) is 5.41 Å². The number of rotatable bonds is 5. The van der Waals surface area contributed by atoms with Crippen LogP contribution in [0.5, 0.6) is 5.75 Å². The molecule has 0 atom stereocenters. The monoisotopic (exact) mass is 305 g/mol. The zero-order valence-corrected chi connectivity index (χ0v) is 11.3. The number of aliphatic carboxylic acids is 1. The van der Waals surface area contributed by atoms with Gasteiger partial charge in [-0.05, 0) is 32.0 Å². The first kappa shape index (κ1) is 16.8. The van der Waals surface area contributed by atoms with E-state index in [0.717, 1.165) is 12.1 Å². The highest BCUT2D eigenvalue weighted by atomic mass is 19.4. The van der Waals surface area contributed by atoms with Crippen LogP contribution in [0.3, 0.4) is 0 Å². The summed E-state index contributed by atoms with van der Waals surface area (Å²) in [6.07, 6.45) is -4.76. The van der Waals surface area contributed by atoms with Gasteiger partial charge in [0.1, 0.15) is 12.4 Å². The van der Waals surface area contributed by atoms with Crippen LogP contribution in [0.15, 0.2) is 18.2 Å². The van der Waals surface area contributed by atoms with Crippen LogP contribution in [-0.4, -0.2) is 23.6 Å². The van der Waals surface area contributed by atoms with Crippen molar-refractivity contribution >= 4 is 11.9 Å². The third-order valence-electron chi connectivity index (χ3n) is 2.74. The SMILES string of the molecule is CC(C)(COc1ccc(C(N)=O)cc1C(F)(F)F)C(=O)O. The number of amides is 1. The first-order valence-corrected chi connectivity index (χ1v) is 5.82. The van der Waals surface area contributed by atoms with Crippen molar-refractivity contribution in [1.82, 2.24) is 0 Å². The van der Waals surface area contributed by atoms with Gasteiger partial charge in [0.25, 0.3) is 0 Å². The number of halogens is 3. The first-order chi connectivity index (χ1) is 9.45. The smallest absolute Gasteiger partial charge is 0.419 e. The minimum absolute atomic E-state index is 0.313. The number of primary amides is 1. The van der Waals surface area contributed by atoms with Crippen molar-refractivity contribution in [2.75, 3.05) is 6.61 Å². The quantitative estimate of drug-likeness (QED) is 0.873. The predicted octanol–water partition coefficient (Wildman–Crippen LogP) is 2.29. The van der Waals surface area contributed by atoms with Crippen LogP contribution in [0.4, 0.5) is 13.2 Å². The number of carbonyl (C=O) groups excluding carboxylic acids is 1. The molecule has 0 aliphatic rings. The molecular formula is C13H14F3NO4. The lowest BCUT2D eigenvalue weighted by molar-refractivity contribution is -0.148. The normalized spacial score (nSPS) is 12.0. The van der Waals surface area contributed by atoms with Gasteiger partial charge in [0.15, 0.2) is 0 Å². The molecule has 0 bridgehead atoms. The van der Waals surface area contributed by atoms with Crippen LogP contribution in [0.25, 0.3) is 0 Å². The van der Waals surface area contributed by atoms with Gasteiger partial charge < -0.3 is 15.6 Å². The zero-order valence-electron chi connectivity index (χ0n) is 11.3. The Bertz CT molecular complexity index is 567. The molecule has 0 aliphatic heterocycles. The van der Waals surface area contributed by atoms with E-state index in [4.69, 9.17) is 15.6 Å². The minimum atomic E-state index is -4.76. The number of nitrogens with two attached hydrogens (primary N) is 1. The third-order valence-corrected chi connectivity index (χ3v) is 2.74. The van der Waals surface area contributed by atoms with Crippen molar-refractivity contribution in [3.8, 4) is 5.75 Å². The second kappa shape index (κ2) is 5.63. The molecule has 0 radical (unpaired) electrons. The van der Waals surface area contributed by atoms with Crippen molar-refractivity contribution in [2.45, 2.75) is 20.0 Å². The lowest BCUT2D eigenvalue weighted by Gasteiger charge is -2.21. The Kier molecular flexibility index (Phi) is 4.50. The summed E-state index contributed by atoms with van der Waals surface area (Å²) in [5.41, 5.74) is 2.08. The maximum atomic E-state index is 12.9. The average Bonchev–Trinajstić information content (AvgIpc) is 2.34. The molecule has 1 aromatic carbocycles.